The van der Waals surface area contributed by atoms with Crippen molar-refractivity contribution in [2.24, 2.45) is 0 Å². The molecule has 0 unspecified atom stereocenters. The molecule has 1 heterocycles. The van der Waals surface area contributed by atoms with Crippen LogP contribution in [0.2, 0.25) is 5.02 Å². The highest BCUT2D eigenvalue weighted by Gasteiger charge is 2.14. The zero-order chi connectivity index (χ0) is 16.3. The van der Waals surface area contributed by atoms with Crippen molar-refractivity contribution in [3.63, 3.8) is 0 Å². The Balaban J connectivity index is 2.37. The zero-order valence-electron chi connectivity index (χ0n) is 11.3. The molecule has 116 valence electrons. The van der Waals surface area contributed by atoms with E-state index >= 15 is 0 Å². The number of hydrogen-bond acceptors (Lipinski definition) is 5. The Morgan fingerprint density at radius 2 is 2.32 bits per heavy atom. The summed E-state index contributed by atoms with van der Waals surface area (Å²) in [7, 11) is 0. The van der Waals surface area contributed by atoms with Crippen LogP contribution in [0, 0.1) is 0 Å². The molecule has 1 aromatic heterocycles. The number of aromatic amines is 1. The lowest BCUT2D eigenvalue weighted by atomic mass is 10.2. The van der Waals surface area contributed by atoms with Crippen LogP contribution in [-0.4, -0.2) is 26.3 Å². The number of nitrogens with zero attached hydrogens (tertiary/aromatic N) is 2. The molecule has 0 saturated heterocycles. The standard InChI is InChI=1S/C13H11BrClN3O3S/c1-2-10-16-13(18-17-10)22-9(12(20)21)4-6-3-7(15)5-8(14)11(6)19/h3-5,19H,2H2,1H3,(H,20,21)(H,16,17,18)/p-1/b9-4-. The molecular weight excluding hydrogens is 394 g/mol. The smallest absolute Gasteiger partial charge is 0.342 e. The molecule has 0 saturated carbocycles. The summed E-state index contributed by atoms with van der Waals surface area (Å²) in [5.74, 6) is -0.862. The largest absolute Gasteiger partial charge is 0.871 e. The number of benzene rings is 1. The summed E-state index contributed by atoms with van der Waals surface area (Å²) in [6, 6.07) is 2.87. The molecule has 0 aliphatic carbocycles. The highest BCUT2D eigenvalue weighted by Crippen LogP contribution is 2.33. The van der Waals surface area contributed by atoms with Crippen LogP contribution in [0.4, 0.5) is 0 Å². The van der Waals surface area contributed by atoms with E-state index < -0.39 is 5.97 Å². The minimum absolute atomic E-state index is 0.0760. The third-order valence-electron chi connectivity index (χ3n) is 2.58. The van der Waals surface area contributed by atoms with Gasteiger partial charge in [-0.25, -0.2) is 9.78 Å². The summed E-state index contributed by atoms with van der Waals surface area (Å²) in [5.41, 5.74) is 0.176. The van der Waals surface area contributed by atoms with Gasteiger partial charge in [0.25, 0.3) is 0 Å². The average molecular weight is 404 g/mol. The van der Waals surface area contributed by atoms with Crippen molar-refractivity contribution in [3.8, 4) is 5.75 Å². The summed E-state index contributed by atoms with van der Waals surface area (Å²) in [4.78, 5) is 15.4. The van der Waals surface area contributed by atoms with Gasteiger partial charge in [0.15, 0.2) is 0 Å². The number of carboxylic acids is 1. The van der Waals surface area contributed by atoms with Crippen molar-refractivity contribution >= 4 is 51.3 Å². The number of rotatable bonds is 5. The Bertz CT molecular complexity index is 748. The lowest BCUT2D eigenvalue weighted by Gasteiger charge is -2.14. The third-order valence-corrected chi connectivity index (χ3v) is 4.27. The minimum Gasteiger partial charge on any atom is -0.871 e. The van der Waals surface area contributed by atoms with Gasteiger partial charge in [-0.15, -0.1) is 5.10 Å². The second-order valence-electron chi connectivity index (χ2n) is 4.14. The molecule has 0 bridgehead atoms. The van der Waals surface area contributed by atoms with Crippen LogP contribution in [-0.2, 0) is 11.2 Å². The van der Waals surface area contributed by atoms with Gasteiger partial charge in [0.05, 0.1) is 0 Å². The Kier molecular flexibility index (Phi) is 5.49. The van der Waals surface area contributed by atoms with E-state index in [1.807, 2.05) is 6.92 Å². The molecule has 0 fully saturated rings. The van der Waals surface area contributed by atoms with E-state index in [4.69, 9.17) is 11.6 Å². The van der Waals surface area contributed by atoms with E-state index in [-0.39, 0.29) is 25.8 Å². The maximum absolute atomic E-state index is 12.0. The maximum Gasteiger partial charge on any atom is 0.342 e. The van der Waals surface area contributed by atoms with E-state index in [9.17, 15) is 15.0 Å². The van der Waals surface area contributed by atoms with E-state index in [1.165, 1.54) is 18.2 Å². The Morgan fingerprint density at radius 3 is 2.91 bits per heavy atom. The van der Waals surface area contributed by atoms with Crippen LogP contribution in [0.3, 0.4) is 0 Å². The number of carboxylic acid groups (broad SMARTS) is 1. The van der Waals surface area contributed by atoms with Gasteiger partial charge in [-0.05, 0) is 35.5 Å². The molecule has 0 atom stereocenters. The predicted octanol–water partition coefficient (Wildman–Crippen LogP) is 3.07. The molecule has 1 aromatic carbocycles. The lowest BCUT2D eigenvalue weighted by Crippen LogP contribution is -2.00. The van der Waals surface area contributed by atoms with Crippen LogP contribution in [0.5, 0.6) is 5.75 Å². The lowest BCUT2D eigenvalue weighted by molar-refractivity contribution is -0.269. The number of halogens is 2. The molecule has 0 amide bonds. The first kappa shape index (κ1) is 16.9. The summed E-state index contributed by atoms with van der Waals surface area (Å²) in [6.45, 7) is 1.90. The number of carbonyl (C=O) groups is 1. The number of thioether (sulfide) groups is 1. The summed E-state index contributed by atoms with van der Waals surface area (Å²) < 4.78 is 0.271. The Hall–Kier alpha value is -1.51. The highest BCUT2D eigenvalue weighted by molar-refractivity contribution is 9.10. The molecule has 22 heavy (non-hydrogen) atoms. The van der Waals surface area contributed by atoms with Gasteiger partial charge in [-0.2, -0.15) is 0 Å². The van der Waals surface area contributed by atoms with Gasteiger partial charge in [-0.3, -0.25) is 5.10 Å². The summed E-state index contributed by atoms with van der Waals surface area (Å²) >= 11 is 9.84. The molecule has 2 rings (SSSR count). The topological polar surface area (TPSA) is 102 Å². The van der Waals surface area contributed by atoms with Gasteiger partial charge in [0, 0.05) is 15.9 Å². The quantitative estimate of drug-likeness (QED) is 0.587. The van der Waals surface area contributed by atoms with Crippen molar-refractivity contribution in [2.45, 2.75) is 18.5 Å². The molecule has 2 N–H and O–H groups in total. The predicted molar refractivity (Wildman–Crippen MR) is 85.8 cm³/mol. The van der Waals surface area contributed by atoms with Crippen molar-refractivity contribution < 1.29 is 15.0 Å². The fraction of sp³-hybridized carbons (Fsp3) is 0.154. The van der Waals surface area contributed by atoms with Gasteiger partial charge in [0.2, 0.25) is 5.16 Å². The third kappa shape index (κ3) is 4.02. The molecule has 0 radical (unpaired) electrons. The SMILES string of the molecule is CCc1nc(S/C(=C\c2cc(Cl)cc(Br)c2[O-])C(=O)O)n[nH]1. The Labute approximate surface area is 143 Å². The minimum atomic E-state index is -1.18. The van der Waals surface area contributed by atoms with E-state index in [2.05, 4.69) is 31.1 Å². The maximum atomic E-state index is 12.0. The molecule has 0 aliphatic rings. The second kappa shape index (κ2) is 7.17. The van der Waals surface area contributed by atoms with Gasteiger partial charge < -0.3 is 10.2 Å². The summed E-state index contributed by atoms with van der Waals surface area (Å²) in [5, 5.41) is 28.5. The monoisotopic (exact) mass is 402 g/mol. The zero-order valence-corrected chi connectivity index (χ0v) is 14.4. The molecular formula is C13H10BrClN3O3S-. The van der Waals surface area contributed by atoms with Crippen LogP contribution in [0.1, 0.15) is 18.3 Å². The number of aliphatic carboxylic acids is 1. The fourth-order valence-corrected chi connectivity index (χ4v) is 3.09. The first-order valence-electron chi connectivity index (χ1n) is 6.11. The van der Waals surface area contributed by atoms with Gasteiger partial charge >= 0.3 is 5.97 Å². The van der Waals surface area contributed by atoms with Crippen molar-refractivity contribution in [3.05, 3.63) is 37.9 Å². The molecule has 2 aromatic rings. The second-order valence-corrected chi connectivity index (χ2v) is 6.44. The van der Waals surface area contributed by atoms with Crippen LogP contribution in [0.15, 0.2) is 26.7 Å². The van der Waals surface area contributed by atoms with Crippen molar-refractivity contribution in [1.29, 1.82) is 0 Å². The molecule has 0 aliphatic heterocycles. The molecule has 9 heteroatoms. The molecule has 6 nitrogen and oxygen atoms in total. The van der Waals surface area contributed by atoms with E-state index in [0.717, 1.165) is 11.8 Å². The number of nitrogens with one attached hydrogen (secondary N) is 1. The van der Waals surface area contributed by atoms with Crippen molar-refractivity contribution in [1.82, 2.24) is 15.2 Å². The average Bonchev–Trinajstić information content (AvgIpc) is 2.91. The van der Waals surface area contributed by atoms with E-state index in [0.29, 0.717) is 17.3 Å². The number of aryl methyl sites for hydroxylation is 1. The first-order valence-corrected chi connectivity index (χ1v) is 8.09. The number of hydrogen-bond donors (Lipinski definition) is 2. The fourth-order valence-electron chi connectivity index (χ4n) is 1.54. The van der Waals surface area contributed by atoms with Crippen LogP contribution >= 0.6 is 39.3 Å². The Morgan fingerprint density at radius 1 is 1.59 bits per heavy atom. The first-order chi connectivity index (χ1) is 10.4. The highest BCUT2D eigenvalue weighted by atomic mass is 79.9. The number of aromatic nitrogens is 3. The number of H-pyrrole nitrogens is 1. The molecule has 0 spiro atoms. The van der Waals surface area contributed by atoms with Crippen LogP contribution < -0.4 is 5.11 Å². The normalized spacial score (nSPS) is 11.7. The van der Waals surface area contributed by atoms with Crippen molar-refractivity contribution in [2.75, 3.05) is 0 Å². The van der Waals surface area contributed by atoms with E-state index in [1.54, 1.807) is 0 Å². The van der Waals surface area contributed by atoms with Gasteiger partial charge in [-0.1, -0.05) is 40.2 Å². The summed E-state index contributed by atoms with van der Waals surface area (Å²) in [6.07, 6.45) is 1.92. The van der Waals surface area contributed by atoms with Gasteiger partial charge in [0.1, 0.15) is 10.7 Å². The van der Waals surface area contributed by atoms with Crippen LogP contribution in [0.25, 0.3) is 6.08 Å².